The predicted octanol–water partition coefficient (Wildman–Crippen LogP) is 2.68. The molecule has 24 heavy (non-hydrogen) atoms. The summed E-state index contributed by atoms with van der Waals surface area (Å²) in [6, 6.07) is 4.70. The van der Waals surface area contributed by atoms with Gasteiger partial charge in [0.2, 0.25) is 0 Å². The first kappa shape index (κ1) is 17.2. The molecule has 0 aromatic carbocycles. The van der Waals surface area contributed by atoms with Gasteiger partial charge in [0.25, 0.3) is 5.91 Å². The number of rotatable bonds is 5. The highest BCUT2D eigenvalue weighted by atomic mass is 16.1. The summed E-state index contributed by atoms with van der Waals surface area (Å²) in [6.07, 6.45) is 9.39. The Balaban J connectivity index is 1.57. The fourth-order valence-electron chi connectivity index (χ4n) is 3.85. The Morgan fingerprint density at radius 2 is 2.00 bits per heavy atom. The van der Waals surface area contributed by atoms with E-state index < -0.39 is 0 Å². The normalized spacial score (nSPS) is 20.1. The molecule has 1 aliphatic heterocycles. The van der Waals surface area contributed by atoms with Crippen molar-refractivity contribution in [3.05, 3.63) is 23.9 Å². The topological polar surface area (TPSA) is 48.5 Å². The lowest BCUT2D eigenvalue weighted by Gasteiger charge is -2.27. The van der Waals surface area contributed by atoms with Gasteiger partial charge in [-0.2, -0.15) is 0 Å². The minimum Gasteiger partial charge on any atom is -0.355 e. The molecule has 2 fully saturated rings. The van der Waals surface area contributed by atoms with E-state index in [1.54, 1.807) is 6.20 Å². The molecule has 132 valence electrons. The highest BCUT2D eigenvalue weighted by Crippen LogP contribution is 2.25. The molecule has 1 aromatic rings. The quantitative estimate of drug-likeness (QED) is 0.902. The maximum atomic E-state index is 12.0. The molecule has 1 N–H and O–H groups in total. The number of amides is 1. The van der Waals surface area contributed by atoms with Crippen LogP contribution in [-0.2, 0) is 0 Å². The van der Waals surface area contributed by atoms with E-state index in [0.717, 1.165) is 37.9 Å². The van der Waals surface area contributed by atoms with Gasteiger partial charge in [0.1, 0.15) is 5.82 Å². The highest BCUT2D eigenvalue weighted by Gasteiger charge is 2.25. The van der Waals surface area contributed by atoms with E-state index >= 15 is 0 Å². The largest absolute Gasteiger partial charge is 0.355 e. The van der Waals surface area contributed by atoms with E-state index in [1.165, 1.54) is 38.6 Å². The Morgan fingerprint density at radius 1 is 1.17 bits per heavy atom. The Morgan fingerprint density at radius 3 is 2.71 bits per heavy atom. The summed E-state index contributed by atoms with van der Waals surface area (Å²) in [6.45, 7) is 7.19. The molecule has 0 bridgehead atoms. The van der Waals surface area contributed by atoms with Crippen LogP contribution in [0.4, 0.5) is 5.82 Å². The molecular weight excluding hydrogens is 300 g/mol. The van der Waals surface area contributed by atoms with E-state index in [2.05, 4.69) is 27.0 Å². The Bertz CT molecular complexity index is 525. The van der Waals surface area contributed by atoms with Gasteiger partial charge in [-0.05, 0) is 37.8 Å². The van der Waals surface area contributed by atoms with E-state index in [4.69, 9.17) is 0 Å². The monoisotopic (exact) mass is 330 g/mol. The highest BCUT2D eigenvalue weighted by molar-refractivity contribution is 5.94. The van der Waals surface area contributed by atoms with Crippen LogP contribution in [0.3, 0.4) is 0 Å². The van der Waals surface area contributed by atoms with Crippen molar-refractivity contribution in [2.24, 2.45) is 0 Å². The van der Waals surface area contributed by atoms with Gasteiger partial charge in [0.05, 0.1) is 5.56 Å². The Hall–Kier alpha value is -1.62. The van der Waals surface area contributed by atoms with Crippen LogP contribution in [-0.4, -0.2) is 54.6 Å². The predicted molar refractivity (Wildman–Crippen MR) is 97.5 cm³/mol. The molecule has 1 aromatic heterocycles. The number of aromatic nitrogens is 1. The molecule has 1 aliphatic carbocycles. The summed E-state index contributed by atoms with van der Waals surface area (Å²) in [5, 5.41) is 2.90. The lowest BCUT2D eigenvalue weighted by molar-refractivity contribution is 0.0953. The van der Waals surface area contributed by atoms with Crippen LogP contribution in [0.5, 0.6) is 0 Å². The van der Waals surface area contributed by atoms with E-state index in [1.807, 2.05) is 12.1 Å². The molecule has 5 nitrogen and oxygen atoms in total. The molecule has 1 amide bonds. The van der Waals surface area contributed by atoms with Crippen molar-refractivity contribution in [1.82, 2.24) is 15.2 Å². The molecular formula is C19H30N4O. The molecule has 2 aliphatic rings. The van der Waals surface area contributed by atoms with Gasteiger partial charge in [-0.15, -0.1) is 0 Å². The maximum absolute atomic E-state index is 12.0. The van der Waals surface area contributed by atoms with E-state index in [-0.39, 0.29) is 5.91 Å². The number of anilines is 1. The van der Waals surface area contributed by atoms with Crippen molar-refractivity contribution in [2.45, 2.75) is 51.5 Å². The number of hydrogen-bond acceptors (Lipinski definition) is 4. The van der Waals surface area contributed by atoms with Crippen molar-refractivity contribution in [1.29, 1.82) is 0 Å². The first-order chi connectivity index (χ1) is 11.8. The average molecular weight is 330 g/mol. The first-order valence-electron chi connectivity index (χ1n) is 9.51. The smallest absolute Gasteiger partial charge is 0.252 e. The molecule has 3 rings (SSSR count). The van der Waals surface area contributed by atoms with Crippen LogP contribution < -0.4 is 10.2 Å². The van der Waals surface area contributed by atoms with Gasteiger partial charge in [0.15, 0.2) is 0 Å². The van der Waals surface area contributed by atoms with Crippen LogP contribution >= 0.6 is 0 Å². The van der Waals surface area contributed by atoms with Crippen molar-refractivity contribution >= 4 is 11.7 Å². The molecule has 1 saturated carbocycles. The van der Waals surface area contributed by atoms with Gasteiger partial charge in [-0.3, -0.25) is 9.69 Å². The third kappa shape index (κ3) is 4.26. The summed E-state index contributed by atoms with van der Waals surface area (Å²) in [5.41, 5.74) is 0.648. The van der Waals surface area contributed by atoms with Gasteiger partial charge < -0.3 is 10.2 Å². The van der Waals surface area contributed by atoms with Gasteiger partial charge in [-0.25, -0.2) is 4.98 Å². The van der Waals surface area contributed by atoms with Crippen LogP contribution in [0, 0.1) is 0 Å². The summed E-state index contributed by atoms with van der Waals surface area (Å²) in [5.74, 6) is 0.967. The summed E-state index contributed by atoms with van der Waals surface area (Å²) in [7, 11) is 0. The zero-order chi connectivity index (χ0) is 16.8. The minimum atomic E-state index is -0.0285. The summed E-state index contributed by atoms with van der Waals surface area (Å²) < 4.78 is 0. The number of pyridine rings is 1. The standard InChI is InChI=1S/C19H30N4O/c1-2-10-20-19(24)16-8-9-18(21-15-16)23-12-5-11-22(13-14-23)17-6-3-4-7-17/h8-9,15,17H,2-7,10-14H2,1H3,(H,20,24). The van der Waals surface area contributed by atoms with Gasteiger partial charge >= 0.3 is 0 Å². The maximum Gasteiger partial charge on any atom is 0.252 e. The fraction of sp³-hybridized carbons (Fsp3) is 0.684. The second kappa shape index (κ2) is 8.47. The second-order valence-corrected chi connectivity index (χ2v) is 6.98. The van der Waals surface area contributed by atoms with Crippen LogP contribution in [0.1, 0.15) is 55.8 Å². The Labute approximate surface area is 145 Å². The SMILES string of the molecule is CCCNC(=O)c1ccc(N2CCCN(C3CCCC3)CC2)nc1. The summed E-state index contributed by atoms with van der Waals surface area (Å²) >= 11 is 0. The summed E-state index contributed by atoms with van der Waals surface area (Å²) in [4.78, 5) is 21.6. The van der Waals surface area contributed by atoms with Crippen molar-refractivity contribution in [2.75, 3.05) is 37.6 Å². The van der Waals surface area contributed by atoms with Gasteiger partial charge in [-0.1, -0.05) is 19.8 Å². The number of carbonyl (C=O) groups excluding carboxylic acids is 1. The van der Waals surface area contributed by atoms with Crippen LogP contribution in [0.15, 0.2) is 18.3 Å². The van der Waals surface area contributed by atoms with Crippen molar-refractivity contribution < 1.29 is 4.79 Å². The van der Waals surface area contributed by atoms with Gasteiger partial charge in [0, 0.05) is 45.0 Å². The van der Waals surface area contributed by atoms with E-state index in [0.29, 0.717) is 12.1 Å². The van der Waals surface area contributed by atoms with Crippen molar-refractivity contribution in [3.63, 3.8) is 0 Å². The molecule has 1 saturated heterocycles. The number of carbonyl (C=O) groups is 1. The molecule has 0 unspecified atom stereocenters. The van der Waals surface area contributed by atoms with Crippen molar-refractivity contribution in [3.8, 4) is 0 Å². The first-order valence-corrected chi connectivity index (χ1v) is 9.51. The minimum absolute atomic E-state index is 0.0285. The average Bonchev–Trinajstić information content (AvgIpc) is 3.04. The number of hydrogen-bond donors (Lipinski definition) is 1. The zero-order valence-electron chi connectivity index (χ0n) is 14.8. The molecule has 2 heterocycles. The third-order valence-corrected chi connectivity index (χ3v) is 5.24. The third-order valence-electron chi connectivity index (χ3n) is 5.24. The molecule has 5 heteroatoms. The van der Waals surface area contributed by atoms with Crippen LogP contribution in [0.2, 0.25) is 0 Å². The fourth-order valence-corrected chi connectivity index (χ4v) is 3.85. The molecule has 0 atom stereocenters. The van der Waals surface area contributed by atoms with E-state index in [9.17, 15) is 4.79 Å². The lowest BCUT2D eigenvalue weighted by atomic mass is 10.2. The lowest BCUT2D eigenvalue weighted by Crippen LogP contribution is -2.37. The molecule has 0 spiro atoms. The zero-order valence-corrected chi connectivity index (χ0v) is 14.8. The number of nitrogens with one attached hydrogen (secondary N) is 1. The number of nitrogens with zero attached hydrogens (tertiary/aromatic N) is 3. The Kier molecular flexibility index (Phi) is 6.07. The molecule has 0 radical (unpaired) electrons. The van der Waals surface area contributed by atoms with Crippen LogP contribution in [0.25, 0.3) is 0 Å². The second-order valence-electron chi connectivity index (χ2n) is 6.98.